The Balaban J connectivity index is 0.00000392. The van der Waals surface area contributed by atoms with E-state index in [0.717, 1.165) is 11.3 Å². The van der Waals surface area contributed by atoms with Crippen molar-refractivity contribution in [3.63, 3.8) is 0 Å². The fourth-order valence-corrected chi connectivity index (χ4v) is 5.43. The summed E-state index contributed by atoms with van der Waals surface area (Å²) in [5.41, 5.74) is 0. The number of hydrogen-bond acceptors (Lipinski definition) is 6. The van der Waals surface area contributed by atoms with Gasteiger partial charge in [0.15, 0.2) is 5.96 Å². The summed E-state index contributed by atoms with van der Waals surface area (Å²) in [5.74, 6) is 0.404. The Morgan fingerprint density at radius 1 is 1.43 bits per heavy atom. The van der Waals surface area contributed by atoms with Gasteiger partial charge in [0, 0.05) is 26.2 Å². The minimum Gasteiger partial charge on any atom is -0.469 e. The van der Waals surface area contributed by atoms with Gasteiger partial charge in [0.1, 0.15) is 4.21 Å². The Morgan fingerprint density at radius 2 is 2.14 bits per heavy atom. The highest BCUT2D eigenvalue weighted by Crippen LogP contribution is 2.25. The van der Waals surface area contributed by atoms with E-state index in [-0.39, 0.29) is 59.1 Å². The highest BCUT2D eigenvalue weighted by Gasteiger charge is 2.36. The molecule has 1 aromatic heterocycles. The number of hydrogen-bond donors (Lipinski definition) is 2. The largest absolute Gasteiger partial charge is 0.469 e. The van der Waals surface area contributed by atoms with Gasteiger partial charge in [-0.15, -0.1) is 35.3 Å². The average Bonchev–Trinajstić information content (AvgIpc) is 3.23. The van der Waals surface area contributed by atoms with E-state index in [1.165, 1.54) is 13.2 Å². The number of aliphatic imine (C=N–C) groups is 1. The summed E-state index contributed by atoms with van der Waals surface area (Å²) in [6, 6.07) is 3.02. The average molecular weight is 565 g/mol. The van der Waals surface area contributed by atoms with E-state index in [1.807, 2.05) is 18.7 Å². The standard InChI is InChI=1S/C16H25ClN4O4S2.HI/c1-4-18-16(21-9-11(2)12(10-21)15(22)25-3)19-7-8-20-27(23,24)14-6-5-13(17)26-14;/h5-6,11-12,20H,4,7-10H2,1-3H3,(H,18,19);1H. The zero-order chi connectivity index (χ0) is 20.0. The lowest BCUT2D eigenvalue weighted by Crippen LogP contribution is -2.41. The molecule has 0 amide bonds. The van der Waals surface area contributed by atoms with Crippen molar-refractivity contribution >= 4 is 68.9 Å². The second-order valence-corrected chi connectivity index (χ2v) is 9.91. The maximum Gasteiger partial charge on any atom is 0.310 e. The molecule has 2 unspecified atom stereocenters. The van der Waals surface area contributed by atoms with Crippen LogP contribution in [0.15, 0.2) is 21.3 Å². The number of thiophene rings is 1. The third kappa shape index (κ3) is 6.71. The number of sulfonamides is 1. The molecular formula is C16H26ClIN4O4S2. The maximum atomic E-state index is 12.2. The predicted molar refractivity (Wildman–Crippen MR) is 122 cm³/mol. The summed E-state index contributed by atoms with van der Waals surface area (Å²) < 4.78 is 32.3. The molecule has 1 aliphatic heterocycles. The van der Waals surface area contributed by atoms with Gasteiger partial charge >= 0.3 is 5.97 Å². The van der Waals surface area contributed by atoms with Crippen molar-refractivity contribution in [3.05, 3.63) is 16.5 Å². The summed E-state index contributed by atoms with van der Waals surface area (Å²) >= 11 is 6.80. The van der Waals surface area contributed by atoms with Gasteiger partial charge in [-0.05, 0) is 25.0 Å². The molecule has 0 radical (unpaired) electrons. The Hall–Kier alpha value is -0.630. The summed E-state index contributed by atoms with van der Waals surface area (Å²) in [4.78, 5) is 18.3. The Kier molecular flexibility index (Phi) is 10.5. The molecular weight excluding hydrogens is 539 g/mol. The number of guanidine groups is 1. The molecule has 0 spiro atoms. The van der Waals surface area contributed by atoms with Crippen LogP contribution in [-0.4, -0.2) is 65.1 Å². The molecule has 12 heteroatoms. The predicted octanol–water partition coefficient (Wildman–Crippen LogP) is 2.00. The van der Waals surface area contributed by atoms with Crippen molar-refractivity contribution in [2.75, 3.05) is 39.8 Å². The van der Waals surface area contributed by atoms with E-state index in [1.54, 1.807) is 6.07 Å². The number of esters is 1. The highest BCUT2D eigenvalue weighted by atomic mass is 127. The zero-order valence-corrected chi connectivity index (χ0v) is 20.7. The van der Waals surface area contributed by atoms with Crippen molar-refractivity contribution in [2.24, 2.45) is 16.8 Å². The zero-order valence-electron chi connectivity index (χ0n) is 16.0. The van der Waals surface area contributed by atoms with Gasteiger partial charge in [0.05, 0.1) is 23.9 Å². The monoisotopic (exact) mass is 564 g/mol. The molecule has 1 fully saturated rings. The second kappa shape index (κ2) is 11.5. The number of carbonyl (C=O) groups is 1. The van der Waals surface area contributed by atoms with Gasteiger partial charge in [-0.1, -0.05) is 18.5 Å². The number of carbonyl (C=O) groups excluding carboxylic acids is 1. The van der Waals surface area contributed by atoms with Crippen molar-refractivity contribution < 1.29 is 17.9 Å². The molecule has 1 aliphatic rings. The molecule has 2 atom stereocenters. The normalized spacial score (nSPS) is 20.0. The van der Waals surface area contributed by atoms with Crippen molar-refractivity contribution in [3.8, 4) is 0 Å². The van der Waals surface area contributed by atoms with E-state index in [0.29, 0.717) is 29.9 Å². The number of likely N-dealkylation sites (tertiary alicyclic amines) is 1. The fraction of sp³-hybridized carbons (Fsp3) is 0.625. The number of ether oxygens (including phenoxy) is 1. The molecule has 0 aliphatic carbocycles. The van der Waals surface area contributed by atoms with E-state index < -0.39 is 10.0 Å². The first-order valence-corrected chi connectivity index (χ1v) is 11.3. The van der Waals surface area contributed by atoms with E-state index in [2.05, 4.69) is 15.0 Å². The Bertz CT molecular complexity index is 787. The number of halogens is 2. The summed E-state index contributed by atoms with van der Waals surface area (Å²) in [7, 11) is -2.19. The van der Waals surface area contributed by atoms with Crippen LogP contribution in [0.2, 0.25) is 4.34 Å². The van der Waals surface area contributed by atoms with Crippen LogP contribution in [0, 0.1) is 11.8 Å². The minimum atomic E-state index is -3.58. The lowest BCUT2D eigenvalue weighted by molar-refractivity contribution is -0.145. The molecule has 2 N–H and O–H groups in total. The molecule has 160 valence electrons. The van der Waals surface area contributed by atoms with E-state index in [9.17, 15) is 13.2 Å². The van der Waals surface area contributed by atoms with Crippen molar-refractivity contribution in [1.82, 2.24) is 14.9 Å². The molecule has 28 heavy (non-hydrogen) atoms. The lowest BCUT2D eigenvalue weighted by Gasteiger charge is -2.21. The smallest absolute Gasteiger partial charge is 0.310 e. The van der Waals surface area contributed by atoms with E-state index >= 15 is 0 Å². The minimum absolute atomic E-state index is 0. The van der Waals surface area contributed by atoms with Crippen LogP contribution < -0.4 is 10.0 Å². The first-order valence-electron chi connectivity index (χ1n) is 8.64. The summed E-state index contributed by atoms with van der Waals surface area (Å²) in [6.45, 7) is 6.28. The molecule has 8 nitrogen and oxygen atoms in total. The SMILES string of the molecule is CCNC(=NCCNS(=O)(=O)c1ccc(Cl)s1)N1CC(C)C(C(=O)OC)C1.I. The van der Waals surface area contributed by atoms with Crippen LogP contribution in [0.1, 0.15) is 13.8 Å². The molecule has 0 bridgehead atoms. The van der Waals surface area contributed by atoms with Crippen molar-refractivity contribution in [2.45, 2.75) is 18.1 Å². The Labute approximate surface area is 192 Å². The van der Waals surface area contributed by atoms with E-state index in [4.69, 9.17) is 16.3 Å². The lowest BCUT2D eigenvalue weighted by atomic mass is 9.99. The maximum absolute atomic E-state index is 12.2. The first kappa shape index (κ1) is 25.4. The molecule has 1 aromatic rings. The first-order chi connectivity index (χ1) is 12.8. The van der Waals surface area contributed by atoms with Crippen LogP contribution in [0.25, 0.3) is 0 Å². The summed E-state index contributed by atoms with van der Waals surface area (Å²) in [6.07, 6.45) is 0. The third-order valence-electron chi connectivity index (χ3n) is 4.23. The fourth-order valence-electron chi connectivity index (χ4n) is 2.88. The second-order valence-electron chi connectivity index (χ2n) is 6.20. The van der Waals surface area contributed by atoms with Crippen LogP contribution in [0.3, 0.4) is 0 Å². The van der Waals surface area contributed by atoms with Gasteiger partial charge in [-0.25, -0.2) is 13.1 Å². The number of methoxy groups -OCH3 is 1. The van der Waals surface area contributed by atoms with Crippen molar-refractivity contribution in [1.29, 1.82) is 0 Å². The van der Waals surface area contributed by atoms with Gasteiger partial charge in [0.25, 0.3) is 0 Å². The molecule has 0 aromatic carbocycles. The quantitative estimate of drug-likeness (QED) is 0.173. The van der Waals surface area contributed by atoms with Gasteiger partial charge in [-0.3, -0.25) is 9.79 Å². The summed E-state index contributed by atoms with van der Waals surface area (Å²) in [5, 5.41) is 3.19. The topological polar surface area (TPSA) is 100 Å². The Morgan fingerprint density at radius 3 is 2.71 bits per heavy atom. The van der Waals surface area contributed by atoms with Gasteiger partial charge in [0.2, 0.25) is 10.0 Å². The number of nitrogens with one attached hydrogen (secondary N) is 2. The van der Waals surface area contributed by atoms with Crippen LogP contribution >= 0.6 is 46.9 Å². The molecule has 2 heterocycles. The van der Waals surface area contributed by atoms with Crippen LogP contribution in [0.5, 0.6) is 0 Å². The third-order valence-corrected chi connectivity index (χ3v) is 7.41. The number of rotatable bonds is 7. The van der Waals surface area contributed by atoms with Crippen LogP contribution in [-0.2, 0) is 19.6 Å². The van der Waals surface area contributed by atoms with Gasteiger partial charge in [-0.2, -0.15) is 0 Å². The van der Waals surface area contributed by atoms with Crippen LogP contribution in [0.4, 0.5) is 0 Å². The molecule has 1 saturated heterocycles. The highest BCUT2D eigenvalue weighted by molar-refractivity contribution is 14.0. The molecule has 2 rings (SSSR count). The molecule has 0 saturated carbocycles. The number of nitrogens with zero attached hydrogens (tertiary/aromatic N) is 2. The van der Waals surface area contributed by atoms with Gasteiger partial charge < -0.3 is 15.0 Å².